The summed E-state index contributed by atoms with van der Waals surface area (Å²) in [5, 5.41) is 9.97. The molecule has 0 aromatic heterocycles. The van der Waals surface area contributed by atoms with Gasteiger partial charge in [0.2, 0.25) is 0 Å². The quantitative estimate of drug-likeness (QED) is 0.410. The second kappa shape index (κ2) is 5.97. The first kappa shape index (κ1) is 16.6. The molecule has 138 valence electrons. The third kappa shape index (κ3) is 2.27. The molecule has 0 aliphatic carbocycles. The Kier molecular flexibility index (Phi) is 3.54. The number of carbonyl (C=O) groups excluding carboxylic acids is 1. The minimum absolute atomic E-state index is 0.0953. The molecule has 0 bridgehead atoms. The van der Waals surface area contributed by atoms with Crippen LogP contribution in [0, 0.1) is 0 Å². The normalized spacial score (nSPS) is 18.6. The lowest BCUT2D eigenvalue weighted by molar-refractivity contribution is -0.128. The van der Waals surface area contributed by atoms with Crippen LogP contribution in [-0.4, -0.2) is 11.1 Å². The Balaban J connectivity index is 1.75. The number of aromatic hydroxyl groups is 1. The molecular weight excluding hydrogens is 356 g/mol. The molecular formula is C23H16O5. The maximum Gasteiger partial charge on any atom is 0.335 e. The summed E-state index contributed by atoms with van der Waals surface area (Å²) in [7, 11) is 0. The predicted octanol–water partition coefficient (Wildman–Crippen LogP) is 4.41. The lowest BCUT2D eigenvalue weighted by atomic mass is 9.77. The van der Waals surface area contributed by atoms with Crippen LogP contribution in [0.3, 0.4) is 0 Å². The van der Waals surface area contributed by atoms with Crippen LogP contribution in [0.4, 0.5) is 0 Å². The molecule has 1 N–H and O–H groups in total. The summed E-state index contributed by atoms with van der Waals surface area (Å²) >= 11 is 0. The van der Waals surface area contributed by atoms with Gasteiger partial charge in [-0.1, -0.05) is 30.8 Å². The molecule has 0 amide bonds. The molecule has 1 unspecified atom stereocenters. The molecule has 0 fully saturated rings. The van der Waals surface area contributed by atoms with Crippen molar-refractivity contribution in [2.45, 2.75) is 12.2 Å². The number of benzene rings is 3. The molecule has 5 heteroatoms. The maximum atomic E-state index is 11.6. The summed E-state index contributed by atoms with van der Waals surface area (Å²) in [6.45, 7) is 3.87. The largest absolute Gasteiger partial charge is 0.508 e. The number of hydrogen-bond acceptors (Lipinski definition) is 5. The fraction of sp³-hybridized carbons (Fsp3) is 0.0870. The molecule has 1 spiro atoms. The van der Waals surface area contributed by atoms with Gasteiger partial charge in [0.15, 0.2) is 5.60 Å². The van der Waals surface area contributed by atoms with Gasteiger partial charge in [0.25, 0.3) is 0 Å². The van der Waals surface area contributed by atoms with E-state index >= 15 is 0 Å². The van der Waals surface area contributed by atoms with Crippen LogP contribution in [0.1, 0.15) is 22.3 Å². The minimum atomic E-state index is -0.853. The fourth-order valence-corrected chi connectivity index (χ4v) is 3.95. The van der Waals surface area contributed by atoms with Crippen LogP contribution < -0.4 is 9.47 Å². The van der Waals surface area contributed by atoms with Gasteiger partial charge >= 0.3 is 5.97 Å². The van der Waals surface area contributed by atoms with E-state index in [0.29, 0.717) is 23.9 Å². The van der Waals surface area contributed by atoms with Gasteiger partial charge in [-0.3, -0.25) is 0 Å². The van der Waals surface area contributed by atoms with Crippen molar-refractivity contribution in [3.63, 3.8) is 0 Å². The first-order valence-corrected chi connectivity index (χ1v) is 8.84. The van der Waals surface area contributed by atoms with Crippen molar-refractivity contribution in [3.05, 3.63) is 95.6 Å². The second-order valence-corrected chi connectivity index (χ2v) is 6.69. The molecule has 0 saturated carbocycles. The summed E-state index contributed by atoms with van der Waals surface area (Å²) in [5.41, 5.74) is 2.90. The summed E-state index contributed by atoms with van der Waals surface area (Å²) in [4.78, 5) is 11.6. The first-order chi connectivity index (χ1) is 13.6. The number of rotatable bonds is 2. The lowest BCUT2D eigenvalue weighted by Crippen LogP contribution is -2.32. The van der Waals surface area contributed by atoms with Crippen molar-refractivity contribution < 1.29 is 24.1 Å². The number of phenols is 1. The molecule has 0 radical (unpaired) electrons. The van der Waals surface area contributed by atoms with E-state index in [-0.39, 0.29) is 5.75 Å². The second-order valence-electron chi connectivity index (χ2n) is 6.69. The lowest BCUT2D eigenvalue weighted by Gasteiger charge is -2.37. The first-order valence-electron chi connectivity index (χ1n) is 8.84. The summed E-state index contributed by atoms with van der Waals surface area (Å²) in [6.07, 6.45) is 1.10. The smallest absolute Gasteiger partial charge is 0.335 e. The van der Waals surface area contributed by atoms with Gasteiger partial charge in [-0.25, -0.2) is 4.79 Å². The Hall–Kier alpha value is -3.57. The van der Waals surface area contributed by atoms with E-state index in [0.717, 1.165) is 28.3 Å². The standard InChI is InChI=1S/C23H16O5/c1-2-22(25)27-16-8-10-19-21(12-16)28-20-11-15(24)7-9-18(20)23(19)17-6-4-3-5-14(17)13-26-23/h2-12,24H,1,13H2. The zero-order valence-corrected chi connectivity index (χ0v) is 14.8. The molecule has 28 heavy (non-hydrogen) atoms. The molecule has 2 aliphatic rings. The van der Waals surface area contributed by atoms with Crippen molar-refractivity contribution in [3.8, 4) is 23.0 Å². The maximum absolute atomic E-state index is 11.6. The minimum Gasteiger partial charge on any atom is -0.508 e. The van der Waals surface area contributed by atoms with E-state index in [1.165, 1.54) is 0 Å². The van der Waals surface area contributed by atoms with Crippen LogP contribution >= 0.6 is 0 Å². The van der Waals surface area contributed by atoms with Crippen molar-refractivity contribution in [2.24, 2.45) is 0 Å². The average molecular weight is 372 g/mol. The Morgan fingerprint density at radius 2 is 1.79 bits per heavy atom. The highest BCUT2D eigenvalue weighted by Crippen LogP contribution is 2.56. The van der Waals surface area contributed by atoms with Gasteiger partial charge in [-0.15, -0.1) is 0 Å². The Labute approximate surface area is 161 Å². The van der Waals surface area contributed by atoms with E-state index in [1.54, 1.807) is 24.3 Å². The average Bonchev–Trinajstić information content (AvgIpc) is 3.08. The van der Waals surface area contributed by atoms with E-state index in [2.05, 4.69) is 6.58 Å². The van der Waals surface area contributed by atoms with Crippen LogP contribution in [-0.2, 0) is 21.7 Å². The highest BCUT2D eigenvalue weighted by molar-refractivity contribution is 5.83. The molecule has 5 rings (SSSR count). The van der Waals surface area contributed by atoms with Gasteiger partial charge in [0.05, 0.1) is 6.61 Å². The molecule has 0 saturated heterocycles. The molecule has 5 nitrogen and oxygen atoms in total. The van der Waals surface area contributed by atoms with Crippen LogP contribution in [0.15, 0.2) is 73.3 Å². The molecule has 2 heterocycles. The van der Waals surface area contributed by atoms with Crippen LogP contribution in [0.2, 0.25) is 0 Å². The van der Waals surface area contributed by atoms with E-state index in [1.807, 2.05) is 36.4 Å². The predicted molar refractivity (Wildman–Crippen MR) is 102 cm³/mol. The monoisotopic (exact) mass is 372 g/mol. The molecule has 3 aromatic carbocycles. The van der Waals surface area contributed by atoms with Crippen LogP contribution in [0.25, 0.3) is 0 Å². The Bertz CT molecular complexity index is 1130. The third-order valence-electron chi connectivity index (χ3n) is 5.12. The number of hydrogen-bond donors (Lipinski definition) is 1. The topological polar surface area (TPSA) is 65.0 Å². The highest BCUT2D eigenvalue weighted by atomic mass is 16.5. The van der Waals surface area contributed by atoms with E-state index < -0.39 is 11.6 Å². The number of phenolic OH excluding ortho intramolecular Hbond substituents is 1. The zero-order chi connectivity index (χ0) is 19.3. The number of carbonyl (C=O) groups is 1. The number of fused-ring (bicyclic) bond motifs is 6. The van der Waals surface area contributed by atoms with Crippen molar-refractivity contribution in [1.82, 2.24) is 0 Å². The summed E-state index contributed by atoms with van der Waals surface area (Å²) in [6, 6.07) is 18.3. The van der Waals surface area contributed by atoms with Crippen LogP contribution in [0.5, 0.6) is 23.0 Å². The van der Waals surface area contributed by atoms with Gasteiger partial charge in [0.1, 0.15) is 23.0 Å². The summed E-state index contributed by atoms with van der Waals surface area (Å²) in [5.74, 6) is 0.887. The number of ether oxygens (including phenoxy) is 3. The fourth-order valence-electron chi connectivity index (χ4n) is 3.95. The Morgan fingerprint density at radius 1 is 1.04 bits per heavy atom. The Morgan fingerprint density at radius 3 is 2.61 bits per heavy atom. The molecule has 1 atom stereocenters. The zero-order valence-electron chi connectivity index (χ0n) is 14.8. The van der Waals surface area contributed by atoms with Gasteiger partial charge < -0.3 is 19.3 Å². The van der Waals surface area contributed by atoms with Crippen molar-refractivity contribution in [2.75, 3.05) is 0 Å². The molecule has 2 aliphatic heterocycles. The van der Waals surface area contributed by atoms with E-state index in [9.17, 15) is 9.90 Å². The van der Waals surface area contributed by atoms with E-state index in [4.69, 9.17) is 14.2 Å². The third-order valence-corrected chi connectivity index (χ3v) is 5.12. The molecule has 3 aromatic rings. The summed E-state index contributed by atoms with van der Waals surface area (Å²) < 4.78 is 17.7. The SMILES string of the molecule is C=CC(=O)Oc1ccc2c(c1)Oc1cc(O)ccc1C21OCc2ccccc21. The van der Waals surface area contributed by atoms with Crippen molar-refractivity contribution in [1.29, 1.82) is 0 Å². The van der Waals surface area contributed by atoms with Gasteiger partial charge in [-0.05, 0) is 35.4 Å². The highest BCUT2D eigenvalue weighted by Gasteiger charge is 2.49. The number of esters is 1. The van der Waals surface area contributed by atoms with Gasteiger partial charge in [0, 0.05) is 29.3 Å². The van der Waals surface area contributed by atoms with Gasteiger partial charge in [-0.2, -0.15) is 0 Å². The van der Waals surface area contributed by atoms with Crippen molar-refractivity contribution >= 4 is 5.97 Å².